The Bertz CT molecular complexity index is 293. The van der Waals surface area contributed by atoms with Gasteiger partial charge in [-0.15, -0.1) is 0 Å². The molecule has 0 heterocycles. The van der Waals surface area contributed by atoms with Gasteiger partial charge in [0.05, 0.1) is 0 Å². The minimum Gasteiger partial charge on any atom is -0.481 e. The third-order valence-electron chi connectivity index (χ3n) is 1.12. The number of rotatable bonds is 4. The average molecular weight is 312 g/mol. The first-order chi connectivity index (χ1) is 9.41. The van der Waals surface area contributed by atoms with Crippen LogP contribution in [0.3, 0.4) is 0 Å². The van der Waals surface area contributed by atoms with E-state index in [-0.39, 0.29) is 6.42 Å². The van der Waals surface area contributed by atoms with Crippen LogP contribution in [0.5, 0.6) is 0 Å². The zero-order chi connectivity index (χ0) is 18.0. The van der Waals surface area contributed by atoms with Crippen LogP contribution in [0, 0.1) is 0 Å². The lowest BCUT2D eigenvalue weighted by atomic mass is 10.4. The molecule has 0 aliphatic rings. The van der Waals surface area contributed by atoms with E-state index in [2.05, 4.69) is 0 Å². The molecular formula is C12H24O9. The highest BCUT2D eigenvalue weighted by Gasteiger charge is 2.01. The summed E-state index contributed by atoms with van der Waals surface area (Å²) in [6, 6.07) is 0. The number of carboxylic acid groups (broad SMARTS) is 4. The Hall–Kier alpha value is -2.16. The van der Waals surface area contributed by atoms with E-state index in [1.54, 1.807) is 6.92 Å². The average Bonchev–Trinajstić information content (AvgIpc) is 2.29. The van der Waals surface area contributed by atoms with Crippen LogP contribution in [0.15, 0.2) is 0 Å². The highest BCUT2D eigenvalue weighted by atomic mass is 16.4. The van der Waals surface area contributed by atoms with Crippen LogP contribution in [0.1, 0.15) is 47.0 Å². The molecule has 1 unspecified atom stereocenters. The molecule has 0 aromatic carbocycles. The summed E-state index contributed by atoms with van der Waals surface area (Å²) in [7, 11) is 0. The van der Waals surface area contributed by atoms with Gasteiger partial charge in [-0.05, 0) is 13.3 Å². The predicted molar refractivity (Wildman–Crippen MR) is 73.1 cm³/mol. The molecular weight excluding hydrogens is 288 g/mol. The third-order valence-corrected chi connectivity index (χ3v) is 1.12. The molecule has 1 atom stereocenters. The standard InChI is InChI=1S/C4H8O2.C3H6O3.C3H6O2.C2H4O2/c1-2-3-4(5)6;1-2(4)3(5)6;1-2-3(4)5;1-2(3)4/h2-3H2,1H3,(H,5,6);2,4H,1H3,(H,5,6);2H2,1H3,(H,4,5);1H3,(H,3,4). The minimum absolute atomic E-state index is 0.222. The first-order valence-electron chi connectivity index (χ1n) is 5.96. The van der Waals surface area contributed by atoms with E-state index >= 15 is 0 Å². The third kappa shape index (κ3) is 95.7. The monoisotopic (exact) mass is 312 g/mol. The molecule has 0 fully saturated rings. The summed E-state index contributed by atoms with van der Waals surface area (Å²) in [5, 5.41) is 38.8. The molecule has 0 amide bonds. The van der Waals surface area contributed by atoms with E-state index in [9.17, 15) is 14.4 Å². The lowest BCUT2D eigenvalue weighted by Gasteiger charge is -1.89. The number of hydrogen-bond acceptors (Lipinski definition) is 5. The second-order valence-electron chi connectivity index (χ2n) is 3.42. The van der Waals surface area contributed by atoms with E-state index in [1.165, 1.54) is 6.92 Å². The van der Waals surface area contributed by atoms with Crippen LogP contribution in [0.2, 0.25) is 0 Å². The number of hydrogen-bond donors (Lipinski definition) is 5. The number of carbonyl (C=O) groups is 4. The molecule has 0 aromatic heterocycles. The molecule has 0 saturated carbocycles. The van der Waals surface area contributed by atoms with Crippen molar-refractivity contribution in [2.75, 3.05) is 0 Å². The maximum absolute atomic E-state index is 9.60. The quantitative estimate of drug-likeness (QED) is 0.505. The van der Waals surface area contributed by atoms with Crippen LogP contribution >= 0.6 is 0 Å². The Morgan fingerprint density at radius 1 is 0.905 bits per heavy atom. The van der Waals surface area contributed by atoms with Gasteiger partial charge in [-0.2, -0.15) is 0 Å². The number of aliphatic hydroxyl groups is 1. The zero-order valence-corrected chi connectivity index (χ0v) is 12.6. The predicted octanol–water partition coefficient (Wildman–Crippen LogP) is 0.895. The van der Waals surface area contributed by atoms with Gasteiger partial charge in [0.1, 0.15) is 6.10 Å². The first-order valence-corrected chi connectivity index (χ1v) is 5.96. The van der Waals surface area contributed by atoms with Gasteiger partial charge in [-0.1, -0.05) is 13.8 Å². The smallest absolute Gasteiger partial charge is 0.332 e. The fraction of sp³-hybridized carbons (Fsp3) is 0.667. The molecule has 0 aromatic rings. The molecule has 0 bridgehead atoms. The minimum atomic E-state index is -1.23. The van der Waals surface area contributed by atoms with Crippen LogP contribution < -0.4 is 0 Å². The Balaban J connectivity index is -0.0000000929. The second kappa shape index (κ2) is 20.2. The van der Waals surface area contributed by atoms with Crippen molar-refractivity contribution in [2.24, 2.45) is 0 Å². The number of aliphatic carboxylic acids is 4. The molecule has 9 heteroatoms. The Morgan fingerprint density at radius 2 is 1.14 bits per heavy atom. The van der Waals surface area contributed by atoms with Gasteiger partial charge in [0.15, 0.2) is 0 Å². The van der Waals surface area contributed by atoms with Crippen molar-refractivity contribution in [1.82, 2.24) is 0 Å². The summed E-state index contributed by atoms with van der Waals surface area (Å²) >= 11 is 0. The maximum atomic E-state index is 9.60. The normalized spacial score (nSPS) is 9.19. The molecule has 0 spiro atoms. The van der Waals surface area contributed by atoms with Gasteiger partial charge < -0.3 is 25.5 Å². The lowest BCUT2D eigenvalue weighted by molar-refractivity contribution is -0.145. The highest BCUT2D eigenvalue weighted by molar-refractivity contribution is 5.71. The van der Waals surface area contributed by atoms with E-state index < -0.39 is 30.0 Å². The van der Waals surface area contributed by atoms with Gasteiger partial charge in [0.2, 0.25) is 0 Å². The fourth-order valence-electron chi connectivity index (χ4n) is 0.214. The highest BCUT2D eigenvalue weighted by Crippen LogP contribution is 1.82. The Labute approximate surface area is 122 Å². The summed E-state index contributed by atoms with van der Waals surface area (Å²) in [5.41, 5.74) is 0. The summed E-state index contributed by atoms with van der Waals surface area (Å²) < 4.78 is 0. The molecule has 9 nitrogen and oxygen atoms in total. The van der Waals surface area contributed by atoms with Crippen molar-refractivity contribution in [2.45, 2.75) is 53.1 Å². The molecule has 126 valence electrons. The summed E-state index contributed by atoms with van der Waals surface area (Å²) in [6.45, 7) is 5.72. The zero-order valence-electron chi connectivity index (χ0n) is 12.6. The van der Waals surface area contributed by atoms with Gasteiger partial charge in [-0.25, -0.2) is 4.79 Å². The van der Waals surface area contributed by atoms with E-state index in [4.69, 9.17) is 30.3 Å². The summed E-state index contributed by atoms with van der Waals surface area (Å²) in [6.07, 6.45) is 0.0139. The van der Waals surface area contributed by atoms with Gasteiger partial charge in [0, 0.05) is 19.8 Å². The van der Waals surface area contributed by atoms with Crippen molar-refractivity contribution < 1.29 is 44.7 Å². The molecule has 0 saturated heterocycles. The number of aliphatic hydroxyl groups excluding tert-OH is 1. The van der Waals surface area contributed by atoms with E-state index in [0.29, 0.717) is 6.42 Å². The largest absolute Gasteiger partial charge is 0.481 e. The Morgan fingerprint density at radius 3 is 1.14 bits per heavy atom. The number of carboxylic acids is 4. The van der Waals surface area contributed by atoms with Gasteiger partial charge >= 0.3 is 17.9 Å². The Kier molecular flexibility index (Phi) is 26.1. The lowest BCUT2D eigenvalue weighted by Crippen LogP contribution is -2.13. The van der Waals surface area contributed by atoms with Crippen molar-refractivity contribution in [1.29, 1.82) is 0 Å². The van der Waals surface area contributed by atoms with E-state index in [0.717, 1.165) is 13.3 Å². The van der Waals surface area contributed by atoms with Crippen molar-refractivity contribution in [3.63, 3.8) is 0 Å². The topological polar surface area (TPSA) is 169 Å². The SMILES string of the molecule is CC(=O)O.CC(O)C(=O)O.CCC(=O)O.CCCC(=O)O. The van der Waals surface area contributed by atoms with Crippen molar-refractivity contribution in [3.05, 3.63) is 0 Å². The van der Waals surface area contributed by atoms with Crippen molar-refractivity contribution >= 4 is 23.9 Å². The maximum Gasteiger partial charge on any atom is 0.332 e. The summed E-state index contributed by atoms with van der Waals surface area (Å²) in [4.78, 5) is 37.4. The molecule has 5 N–H and O–H groups in total. The van der Waals surface area contributed by atoms with Gasteiger partial charge in [0.25, 0.3) is 5.97 Å². The summed E-state index contributed by atoms with van der Waals surface area (Å²) in [5.74, 6) is -3.47. The molecule has 21 heavy (non-hydrogen) atoms. The first kappa shape index (κ1) is 27.2. The molecule has 0 rings (SSSR count). The van der Waals surface area contributed by atoms with Crippen LogP contribution in [-0.4, -0.2) is 55.5 Å². The van der Waals surface area contributed by atoms with E-state index in [1.807, 2.05) is 6.92 Å². The van der Waals surface area contributed by atoms with Crippen LogP contribution in [0.4, 0.5) is 0 Å². The second-order valence-corrected chi connectivity index (χ2v) is 3.42. The molecule has 0 aliphatic carbocycles. The molecule has 0 radical (unpaired) electrons. The van der Waals surface area contributed by atoms with Crippen molar-refractivity contribution in [3.8, 4) is 0 Å². The fourth-order valence-corrected chi connectivity index (χ4v) is 0.214. The van der Waals surface area contributed by atoms with Crippen LogP contribution in [-0.2, 0) is 19.2 Å². The van der Waals surface area contributed by atoms with Gasteiger partial charge in [-0.3, -0.25) is 14.4 Å². The van der Waals surface area contributed by atoms with Crippen LogP contribution in [0.25, 0.3) is 0 Å². The molecule has 0 aliphatic heterocycles.